The summed E-state index contributed by atoms with van der Waals surface area (Å²) in [7, 11) is 0. The molecule has 0 bridgehead atoms. The highest BCUT2D eigenvalue weighted by atomic mass is 35.5. The van der Waals surface area contributed by atoms with E-state index in [9.17, 15) is 105 Å². The standard InChI is InChI=1S/C14H3ClF24/c15-13(35,36)12(33,34)11(31,32)10(29,30)9(27,28)8(25,26)6(21,22)4(17,18)2-1-3(16)5(19,20)7(23,24)14(37,38)39/h1H,2H2/b3-1-. The van der Waals surface area contributed by atoms with Crippen LogP contribution in [0.4, 0.5) is 105 Å². The van der Waals surface area contributed by atoms with Crippen LogP contribution in [0.15, 0.2) is 11.9 Å². The van der Waals surface area contributed by atoms with Crippen molar-refractivity contribution in [3.05, 3.63) is 11.9 Å². The molecule has 0 amide bonds. The van der Waals surface area contributed by atoms with Crippen LogP contribution in [0.5, 0.6) is 0 Å². The Labute approximate surface area is 201 Å². The average Bonchev–Trinajstić information content (AvgIpc) is 2.69. The van der Waals surface area contributed by atoms with Crippen molar-refractivity contribution in [1.82, 2.24) is 0 Å². The number of alkyl halides is 24. The van der Waals surface area contributed by atoms with Crippen LogP contribution >= 0.6 is 11.6 Å². The molecule has 0 saturated heterocycles. The lowest BCUT2D eigenvalue weighted by molar-refractivity contribution is -0.448. The van der Waals surface area contributed by atoms with E-state index in [-0.39, 0.29) is 0 Å². The molecule has 0 aliphatic heterocycles. The second-order valence-corrected chi connectivity index (χ2v) is 7.53. The normalized spacial score (nSPS) is 17.1. The lowest BCUT2D eigenvalue weighted by Gasteiger charge is -2.43. The van der Waals surface area contributed by atoms with Gasteiger partial charge in [-0.25, -0.2) is 4.39 Å². The molecule has 0 aromatic carbocycles. The lowest BCUT2D eigenvalue weighted by Crippen LogP contribution is -2.74. The molecule has 25 heteroatoms. The van der Waals surface area contributed by atoms with Crippen LogP contribution in [0, 0.1) is 0 Å². The Kier molecular flexibility index (Phi) is 9.05. The molecular weight excluding hydrogens is 660 g/mol. The van der Waals surface area contributed by atoms with E-state index in [4.69, 9.17) is 0 Å². The molecule has 0 aromatic heterocycles. The molecule has 0 aliphatic carbocycles. The van der Waals surface area contributed by atoms with E-state index >= 15 is 0 Å². The molecule has 0 aliphatic rings. The summed E-state index contributed by atoms with van der Waals surface area (Å²) in [5.41, 5.74) is 0. The Morgan fingerprint density at radius 3 is 1.00 bits per heavy atom. The highest BCUT2D eigenvalue weighted by molar-refractivity contribution is 6.22. The Hall–Kier alpha value is -1.65. The van der Waals surface area contributed by atoms with Crippen LogP contribution < -0.4 is 0 Å². The van der Waals surface area contributed by atoms with Gasteiger partial charge in [-0.3, -0.25) is 0 Å². The summed E-state index contributed by atoms with van der Waals surface area (Å²) in [5, 5.41) is -7.05. The second kappa shape index (κ2) is 9.44. The van der Waals surface area contributed by atoms with Crippen LogP contribution in [0.25, 0.3) is 0 Å². The van der Waals surface area contributed by atoms with Gasteiger partial charge in [-0.15, -0.1) is 0 Å². The minimum atomic E-state index is -8.96. The maximum absolute atomic E-state index is 13.5. The van der Waals surface area contributed by atoms with Crippen LogP contribution in [0.3, 0.4) is 0 Å². The van der Waals surface area contributed by atoms with Crippen molar-refractivity contribution in [1.29, 1.82) is 0 Å². The SMILES string of the molecule is F/C(=C\CC(F)(F)C(F)(F)C(F)(F)C(F)(F)C(F)(F)C(F)(F)C(F)(F)C(F)(F)Cl)C(F)(F)C(F)(F)C(F)(F)F. The first kappa shape index (κ1) is 37.4. The van der Waals surface area contributed by atoms with E-state index in [1.165, 1.54) is 0 Å². The maximum Gasteiger partial charge on any atom is 0.460 e. The average molecular weight is 663 g/mol. The lowest BCUT2D eigenvalue weighted by atomic mass is 9.88. The molecule has 0 N–H and O–H groups in total. The Bertz CT molecular complexity index is 916. The fourth-order valence-electron chi connectivity index (χ4n) is 2.00. The number of hydrogen-bond acceptors (Lipinski definition) is 0. The van der Waals surface area contributed by atoms with E-state index in [1.54, 1.807) is 0 Å². The van der Waals surface area contributed by atoms with Crippen LogP contribution in [-0.4, -0.2) is 64.9 Å². The van der Waals surface area contributed by atoms with Gasteiger partial charge in [0.2, 0.25) is 0 Å². The maximum atomic E-state index is 13.5. The van der Waals surface area contributed by atoms with Crippen molar-refractivity contribution >= 4 is 11.6 Å². The second-order valence-electron chi connectivity index (χ2n) is 7.05. The number of hydrogen-bond donors (Lipinski definition) is 0. The number of rotatable bonds is 11. The van der Waals surface area contributed by atoms with Crippen molar-refractivity contribution in [2.45, 2.75) is 71.3 Å². The summed E-state index contributed by atoms with van der Waals surface area (Å²) in [6.07, 6.45) is -13.7. The largest absolute Gasteiger partial charge is 0.460 e. The third-order valence-corrected chi connectivity index (χ3v) is 4.61. The van der Waals surface area contributed by atoms with E-state index in [2.05, 4.69) is 11.6 Å². The minimum absolute atomic E-state index is 2.18. The van der Waals surface area contributed by atoms with E-state index in [1.807, 2.05) is 0 Å². The van der Waals surface area contributed by atoms with Crippen LogP contribution in [-0.2, 0) is 0 Å². The van der Waals surface area contributed by atoms with Gasteiger partial charge in [-0.1, -0.05) is 0 Å². The molecule has 0 rings (SSSR count). The van der Waals surface area contributed by atoms with Crippen molar-refractivity contribution < 1.29 is 105 Å². The number of allylic oxidation sites excluding steroid dienone is 2. The topological polar surface area (TPSA) is 0 Å². The summed E-state index contributed by atoms with van der Waals surface area (Å²) in [4.78, 5) is 0. The molecule has 0 radical (unpaired) electrons. The minimum Gasteiger partial charge on any atom is -0.205 e. The van der Waals surface area contributed by atoms with Crippen molar-refractivity contribution in [3.8, 4) is 0 Å². The van der Waals surface area contributed by atoms with Gasteiger partial charge in [0, 0.05) is 6.42 Å². The highest BCUT2D eigenvalue weighted by Gasteiger charge is 2.94. The van der Waals surface area contributed by atoms with Gasteiger partial charge >= 0.3 is 64.9 Å². The molecule has 0 spiro atoms. The summed E-state index contributed by atoms with van der Waals surface area (Å²) < 4.78 is 311. The van der Waals surface area contributed by atoms with Gasteiger partial charge in [-0.05, 0) is 17.7 Å². The number of halogens is 25. The van der Waals surface area contributed by atoms with E-state index in [0.29, 0.717) is 0 Å². The predicted molar refractivity (Wildman–Crippen MR) is 75.2 cm³/mol. The molecule has 0 unspecified atom stereocenters. The first-order chi connectivity index (χ1) is 16.4. The van der Waals surface area contributed by atoms with Gasteiger partial charge in [-0.2, -0.15) is 101 Å². The summed E-state index contributed by atoms with van der Waals surface area (Å²) >= 11 is 3.29. The molecule has 0 aromatic rings. The van der Waals surface area contributed by atoms with Gasteiger partial charge in [0.25, 0.3) is 0 Å². The van der Waals surface area contributed by atoms with Crippen molar-refractivity contribution in [2.75, 3.05) is 0 Å². The van der Waals surface area contributed by atoms with Crippen molar-refractivity contribution in [2.24, 2.45) is 0 Å². The zero-order valence-electron chi connectivity index (χ0n) is 16.7. The Morgan fingerprint density at radius 2 is 0.718 bits per heavy atom. The van der Waals surface area contributed by atoms with Gasteiger partial charge in [0.1, 0.15) is 0 Å². The van der Waals surface area contributed by atoms with Gasteiger partial charge in [0.05, 0.1) is 0 Å². The molecule has 0 atom stereocenters. The third kappa shape index (κ3) is 5.14. The fourth-order valence-corrected chi connectivity index (χ4v) is 2.12. The van der Waals surface area contributed by atoms with E-state index in [0.717, 1.165) is 0 Å². The predicted octanol–water partition coefficient (Wildman–Crippen LogP) is 9.34. The first-order valence-corrected chi connectivity index (χ1v) is 8.65. The van der Waals surface area contributed by atoms with E-state index < -0.39 is 83.2 Å². The third-order valence-electron chi connectivity index (χ3n) is 4.38. The molecular formula is C14H3ClF24. The molecule has 0 fully saturated rings. The zero-order chi connectivity index (χ0) is 32.5. The molecule has 0 heterocycles. The molecule has 234 valence electrons. The zero-order valence-corrected chi connectivity index (χ0v) is 17.5. The molecule has 39 heavy (non-hydrogen) atoms. The summed E-state index contributed by atoms with van der Waals surface area (Å²) in [6, 6.07) is 0. The quantitative estimate of drug-likeness (QED) is 0.153. The Morgan fingerprint density at radius 1 is 0.436 bits per heavy atom. The highest BCUT2D eigenvalue weighted by Crippen LogP contribution is 2.64. The first-order valence-electron chi connectivity index (χ1n) is 8.28. The molecule has 0 saturated carbocycles. The fraction of sp³-hybridized carbons (Fsp3) is 0.857. The smallest absolute Gasteiger partial charge is 0.205 e. The summed E-state index contributed by atoms with van der Waals surface area (Å²) in [6.45, 7) is 0. The monoisotopic (exact) mass is 662 g/mol. The van der Waals surface area contributed by atoms with Crippen molar-refractivity contribution in [3.63, 3.8) is 0 Å². The summed E-state index contributed by atoms with van der Waals surface area (Å²) in [5.74, 6) is -78.6. The van der Waals surface area contributed by atoms with Crippen LogP contribution in [0.2, 0.25) is 0 Å². The van der Waals surface area contributed by atoms with Gasteiger partial charge in [0.15, 0.2) is 5.83 Å². The Balaban J connectivity index is 6.75. The molecule has 0 nitrogen and oxygen atoms in total. The van der Waals surface area contributed by atoms with Crippen LogP contribution in [0.1, 0.15) is 6.42 Å². The van der Waals surface area contributed by atoms with Gasteiger partial charge < -0.3 is 0 Å².